The molecule has 0 unspecified atom stereocenters. The van der Waals surface area contributed by atoms with Crippen molar-refractivity contribution in [2.24, 2.45) is 0 Å². The van der Waals surface area contributed by atoms with Gasteiger partial charge in [0.15, 0.2) is 5.65 Å². The van der Waals surface area contributed by atoms with E-state index in [2.05, 4.69) is 15.2 Å². The molecule has 3 aliphatic rings. The van der Waals surface area contributed by atoms with E-state index in [1.807, 2.05) is 42.2 Å². The van der Waals surface area contributed by atoms with Gasteiger partial charge in [-0.3, -0.25) is 14.7 Å². The lowest BCUT2D eigenvalue weighted by molar-refractivity contribution is -0.131. The van der Waals surface area contributed by atoms with Crippen molar-refractivity contribution in [1.82, 2.24) is 20.1 Å². The fourth-order valence-electron chi connectivity index (χ4n) is 6.27. The molecule has 2 fully saturated rings. The van der Waals surface area contributed by atoms with Crippen LogP contribution in [0.1, 0.15) is 51.0 Å². The van der Waals surface area contributed by atoms with Gasteiger partial charge in [0.1, 0.15) is 18.0 Å². The highest BCUT2D eigenvalue weighted by Gasteiger charge is 2.54. The lowest BCUT2D eigenvalue weighted by atomic mass is 9.69. The molecule has 2 amide bonds. The van der Waals surface area contributed by atoms with Crippen molar-refractivity contribution in [3.8, 4) is 11.5 Å². The van der Waals surface area contributed by atoms with Gasteiger partial charge in [0, 0.05) is 23.2 Å². The van der Waals surface area contributed by atoms with Crippen LogP contribution in [-0.2, 0) is 15.0 Å². The number of ether oxygens (including phenoxy) is 2. The summed E-state index contributed by atoms with van der Waals surface area (Å²) in [6.07, 6.45) is 9.92. The number of fused-ring (bicyclic) bond motifs is 3. The van der Waals surface area contributed by atoms with Crippen LogP contribution in [0.25, 0.3) is 11.0 Å². The number of carbonyl (C=O) groups is 2. The Kier molecular flexibility index (Phi) is 5.85. The molecule has 6 rings (SSSR count). The summed E-state index contributed by atoms with van der Waals surface area (Å²) in [5.74, 6) is 1.35. The van der Waals surface area contributed by atoms with Crippen molar-refractivity contribution in [3.05, 3.63) is 54.0 Å². The van der Waals surface area contributed by atoms with Crippen molar-refractivity contribution in [1.29, 1.82) is 0 Å². The minimum atomic E-state index is -0.719. The molecule has 4 heterocycles. The van der Waals surface area contributed by atoms with E-state index < -0.39 is 5.41 Å². The van der Waals surface area contributed by atoms with Crippen molar-refractivity contribution < 1.29 is 19.1 Å². The quantitative estimate of drug-likeness (QED) is 0.565. The molecule has 2 aliphatic heterocycles. The van der Waals surface area contributed by atoms with Crippen LogP contribution in [0, 0.1) is 0 Å². The number of aromatic amines is 1. The number of rotatable bonds is 5. The van der Waals surface area contributed by atoms with Crippen LogP contribution >= 0.6 is 0 Å². The summed E-state index contributed by atoms with van der Waals surface area (Å²) in [4.78, 5) is 35.3. The molecule has 1 aliphatic carbocycles. The first-order valence-electron chi connectivity index (χ1n) is 12.9. The molecule has 1 aromatic carbocycles. The second kappa shape index (κ2) is 9.21. The molecule has 1 saturated heterocycles. The molecule has 0 atom stereocenters. The second-order valence-electron chi connectivity index (χ2n) is 10.1. The molecular weight excluding hydrogens is 470 g/mol. The zero-order valence-electron chi connectivity index (χ0n) is 21.2. The molecule has 9 heteroatoms. The fourth-order valence-corrected chi connectivity index (χ4v) is 6.27. The normalized spacial score (nSPS) is 24.3. The number of benzene rings is 1. The van der Waals surface area contributed by atoms with Crippen LogP contribution in [0.5, 0.6) is 11.5 Å². The van der Waals surface area contributed by atoms with Crippen LogP contribution in [0.2, 0.25) is 0 Å². The standard InChI is InChI=1S/C28H31N5O4/c1-3-19-6-5-13-32(19)24(34)17-33-22-7-4-8-23(36-2)25(22)28(27(33)35)11-9-20(10-12-28)37-21-14-18-15-30-31-26(18)29-16-21/h3-4,7-8,14-16,20H,5-6,9-13,17H2,1-2H3,(H,29,30,31)/b19-3+. The second-order valence-corrected chi connectivity index (χ2v) is 10.1. The molecule has 1 N–H and O–H groups in total. The Morgan fingerprint density at radius 2 is 2.11 bits per heavy atom. The summed E-state index contributed by atoms with van der Waals surface area (Å²) >= 11 is 0. The summed E-state index contributed by atoms with van der Waals surface area (Å²) in [6.45, 7) is 2.70. The van der Waals surface area contributed by atoms with Crippen molar-refractivity contribution in [3.63, 3.8) is 0 Å². The summed E-state index contributed by atoms with van der Waals surface area (Å²) in [7, 11) is 1.64. The molecule has 9 nitrogen and oxygen atoms in total. The average Bonchev–Trinajstić information content (AvgIpc) is 3.64. The largest absolute Gasteiger partial charge is 0.496 e. The maximum absolute atomic E-state index is 14.1. The maximum atomic E-state index is 14.1. The third-order valence-corrected chi connectivity index (χ3v) is 8.09. The van der Waals surface area contributed by atoms with Gasteiger partial charge < -0.3 is 19.3 Å². The molecule has 0 bridgehead atoms. The Labute approximate surface area is 215 Å². The SMILES string of the molecule is C/C=C1\CCCN1C(=O)CN1C(=O)C2(CCC(Oc3cnc4[nH]ncc4c3)CC2)c2c(OC)cccc21. The van der Waals surface area contributed by atoms with Crippen LogP contribution in [0.15, 0.2) is 48.4 Å². The predicted octanol–water partition coefficient (Wildman–Crippen LogP) is 4.10. The minimum Gasteiger partial charge on any atom is -0.496 e. The number of allylic oxidation sites excluding steroid dienone is 2. The van der Waals surface area contributed by atoms with Gasteiger partial charge >= 0.3 is 0 Å². The van der Waals surface area contributed by atoms with Gasteiger partial charge in [0.05, 0.1) is 36.7 Å². The molecule has 1 spiro atoms. The zero-order chi connectivity index (χ0) is 25.6. The topological polar surface area (TPSA) is 101 Å². The van der Waals surface area contributed by atoms with E-state index in [-0.39, 0.29) is 24.5 Å². The van der Waals surface area contributed by atoms with Crippen LogP contribution in [0.3, 0.4) is 0 Å². The van der Waals surface area contributed by atoms with E-state index in [4.69, 9.17) is 9.47 Å². The van der Waals surface area contributed by atoms with Gasteiger partial charge in [-0.25, -0.2) is 4.98 Å². The van der Waals surface area contributed by atoms with Crippen molar-refractivity contribution in [2.45, 2.75) is 57.0 Å². The van der Waals surface area contributed by atoms with E-state index >= 15 is 0 Å². The van der Waals surface area contributed by atoms with Gasteiger partial charge in [-0.05, 0) is 63.6 Å². The number of nitrogens with one attached hydrogen (secondary N) is 1. The highest BCUT2D eigenvalue weighted by atomic mass is 16.5. The van der Waals surface area contributed by atoms with Gasteiger partial charge in [0.25, 0.3) is 0 Å². The summed E-state index contributed by atoms with van der Waals surface area (Å²) < 4.78 is 12.0. The number of hydrogen-bond acceptors (Lipinski definition) is 6. The summed E-state index contributed by atoms with van der Waals surface area (Å²) in [5.41, 5.74) is 2.73. The fraction of sp³-hybridized carbons (Fsp3) is 0.429. The molecular formula is C28H31N5O4. The van der Waals surface area contributed by atoms with Crippen LogP contribution in [0.4, 0.5) is 5.69 Å². The van der Waals surface area contributed by atoms with Gasteiger partial charge in [-0.2, -0.15) is 5.10 Å². The van der Waals surface area contributed by atoms with Crippen LogP contribution in [-0.4, -0.2) is 58.2 Å². The third-order valence-electron chi connectivity index (χ3n) is 8.09. The molecule has 0 radical (unpaired) electrons. The predicted molar refractivity (Wildman–Crippen MR) is 139 cm³/mol. The van der Waals surface area contributed by atoms with E-state index in [0.717, 1.165) is 40.8 Å². The van der Waals surface area contributed by atoms with E-state index in [9.17, 15) is 9.59 Å². The van der Waals surface area contributed by atoms with E-state index in [1.165, 1.54) is 0 Å². The third kappa shape index (κ3) is 3.84. The first-order valence-corrected chi connectivity index (χ1v) is 12.9. The Morgan fingerprint density at radius 3 is 2.89 bits per heavy atom. The number of nitrogens with zero attached hydrogens (tertiary/aromatic N) is 4. The molecule has 1 saturated carbocycles. The number of pyridine rings is 1. The van der Waals surface area contributed by atoms with E-state index in [0.29, 0.717) is 43.7 Å². The zero-order valence-corrected chi connectivity index (χ0v) is 21.2. The minimum absolute atomic E-state index is 0.0125. The van der Waals surface area contributed by atoms with Crippen molar-refractivity contribution in [2.75, 3.05) is 25.1 Å². The lowest BCUT2D eigenvalue weighted by Gasteiger charge is -2.36. The number of likely N-dealkylation sites (tertiary alicyclic amines) is 1. The maximum Gasteiger partial charge on any atom is 0.246 e. The number of anilines is 1. The van der Waals surface area contributed by atoms with Gasteiger partial charge in [-0.1, -0.05) is 12.1 Å². The number of carbonyl (C=O) groups excluding carboxylic acids is 2. The monoisotopic (exact) mass is 501 g/mol. The van der Waals surface area contributed by atoms with E-state index in [1.54, 1.807) is 24.4 Å². The first-order chi connectivity index (χ1) is 18.0. The summed E-state index contributed by atoms with van der Waals surface area (Å²) in [5, 5.41) is 7.76. The highest BCUT2D eigenvalue weighted by molar-refractivity contribution is 6.11. The Bertz CT molecular complexity index is 1390. The molecule has 2 aromatic heterocycles. The summed E-state index contributed by atoms with van der Waals surface area (Å²) in [6, 6.07) is 7.67. The lowest BCUT2D eigenvalue weighted by Crippen LogP contribution is -2.47. The van der Waals surface area contributed by atoms with Crippen LogP contribution < -0.4 is 14.4 Å². The van der Waals surface area contributed by atoms with Crippen molar-refractivity contribution >= 4 is 28.5 Å². The Hall–Kier alpha value is -3.88. The average molecular weight is 502 g/mol. The number of amides is 2. The number of aromatic nitrogens is 3. The molecule has 192 valence electrons. The Morgan fingerprint density at radius 1 is 1.27 bits per heavy atom. The van der Waals surface area contributed by atoms with Gasteiger partial charge in [0.2, 0.25) is 11.8 Å². The smallest absolute Gasteiger partial charge is 0.246 e. The van der Waals surface area contributed by atoms with Gasteiger partial charge in [-0.15, -0.1) is 0 Å². The molecule has 3 aromatic rings. The molecule has 37 heavy (non-hydrogen) atoms. The highest BCUT2D eigenvalue weighted by Crippen LogP contribution is 2.54. The number of methoxy groups -OCH3 is 1. The Balaban J connectivity index is 1.24. The first kappa shape index (κ1) is 23.5. The number of H-pyrrole nitrogens is 1. The number of hydrogen-bond donors (Lipinski definition) is 1.